The normalized spacial score (nSPS) is 25.5. The van der Waals surface area contributed by atoms with Crippen molar-refractivity contribution < 1.29 is 14.6 Å². The monoisotopic (exact) mass is 230 g/mol. The lowest BCUT2D eigenvalue weighted by molar-refractivity contribution is 0.0417. The maximum absolute atomic E-state index is 11.3. The molecule has 0 aliphatic carbocycles. The maximum Gasteiger partial charge on any atom is 0.407 e. The van der Waals surface area contributed by atoms with Crippen LogP contribution in [0.15, 0.2) is 0 Å². The number of ether oxygens (including phenoxy) is 1. The van der Waals surface area contributed by atoms with Gasteiger partial charge in [0.25, 0.3) is 0 Å². The Labute approximate surface area is 96.6 Å². The molecule has 1 aliphatic rings. The van der Waals surface area contributed by atoms with Crippen molar-refractivity contribution in [3.63, 3.8) is 0 Å². The molecular formula is C11H22N2O3. The fourth-order valence-corrected chi connectivity index (χ4v) is 1.66. The van der Waals surface area contributed by atoms with E-state index in [2.05, 4.69) is 10.6 Å². The van der Waals surface area contributed by atoms with E-state index in [1.165, 1.54) is 0 Å². The van der Waals surface area contributed by atoms with Gasteiger partial charge in [-0.1, -0.05) is 0 Å². The molecule has 5 heteroatoms. The Balaban J connectivity index is 2.18. The number of amides is 1. The van der Waals surface area contributed by atoms with Crippen LogP contribution in [0.3, 0.4) is 0 Å². The SMILES string of the molecule is CC(C)(C)OC(=O)NCCC1(O)CCNC1. The first-order chi connectivity index (χ1) is 7.31. The quantitative estimate of drug-likeness (QED) is 0.665. The first kappa shape index (κ1) is 13.3. The maximum atomic E-state index is 11.3. The summed E-state index contributed by atoms with van der Waals surface area (Å²) < 4.78 is 5.09. The zero-order valence-electron chi connectivity index (χ0n) is 10.3. The fourth-order valence-electron chi connectivity index (χ4n) is 1.66. The summed E-state index contributed by atoms with van der Waals surface area (Å²) in [6, 6.07) is 0. The molecule has 0 aromatic heterocycles. The second kappa shape index (κ2) is 5.01. The Morgan fingerprint density at radius 3 is 2.75 bits per heavy atom. The molecular weight excluding hydrogens is 208 g/mol. The molecule has 94 valence electrons. The van der Waals surface area contributed by atoms with Gasteiger partial charge < -0.3 is 20.5 Å². The number of alkyl carbamates (subject to hydrolysis) is 1. The van der Waals surface area contributed by atoms with Crippen molar-refractivity contribution in [3.05, 3.63) is 0 Å². The number of hydrogen-bond acceptors (Lipinski definition) is 4. The summed E-state index contributed by atoms with van der Waals surface area (Å²) in [5, 5.41) is 15.7. The standard InChI is InChI=1S/C11H22N2O3/c1-10(2,3)16-9(14)13-7-5-11(15)4-6-12-8-11/h12,15H,4-8H2,1-3H3,(H,13,14). The van der Waals surface area contributed by atoms with Crippen molar-refractivity contribution in [2.24, 2.45) is 0 Å². The lowest BCUT2D eigenvalue weighted by Gasteiger charge is -2.23. The molecule has 1 amide bonds. The Morgan fingerprint density at radius 1 is 1.56 bits per heavy atom. The van der Waals surface area contributed by atoms with Gasteiger partial charge in [0, 0.05) is 13.1 Å². The van der Waals surface area contributed by atoms with Crippen molar-refractivity contribution in [3.8, 4) is 0 Å². The molecule has 1 aliphatic heterocycles. The van der Waals surface area contributed by atoms with Crippen LogP contribution in [0.4, 0.5) is 4.79 Å². The molecule has 3 N–H and O–H groups in total. The molecule has 1 rings (SSSR count). The van der Waals surface area contributed by atoms with Gasteiger partial charge in [0.1, 0.15) is 5.60 Å². The molecule has 1 heterocycles. The summed E-state index contributed by atoms with van der Waals surface area (Å²) in [5.41, 5.74) is -1.15. The molecule has 0 radical (unpaired) electrons. The van der Waals surface area contributed by atoms with E-state index in [1.807, 2.05) is 20.8 Å². The third-order valence-corrected chi connectivity index (χ3v) is 2.48. The highest BCUT2D eigenvalue weighted by Crippen LogP contribution is 2.17. The van der Waals surface area contributed by atoms with E-state index in [0.29, 0.717) is 19.5 Å². The largest absolute Gasteiger partial charge is 0.444 e. The van der Waals surface area contributed by atoms with Crippen molar-refractivity contribution in [2.45, 2.75) is 44.8 Å². The lowest BCUT2D eigenvalue weighted by atomic mass is 9.99. The molecule has 0 spiro atoms. The predicted octanol–water partition coefficient (Wildman–Crippen LogP) is 0.626. The highest BCUT2D eigenvalue weighted by Gasteiger charge is 2.30. The number of rotatable bonds is 3. The molecule has 5 nitrogen and oxygen atoms in total. The smallest absolute Gasteiger partial charge is 0.407 e. The number of aliphatic hydroxyl groups is 1. The van der Waals surface area contributed by atoms with Crippen LogP contribution in [-0.2, 0) is 4.74 Å². The minimum atomic E-state index is -0.672. The van der Waals surface area contributed by atoms with E-state index >= 15 is 0 Å². The van der Waals surface area contributed by atoms with Crippen molar-refractivity contribution in [2.75, 3.05) is 19.6 Å². The van der Waals surface area contributed by atoms with Crippen LogP contribution < -0.4 is 10.6 Å². The molecule has 1 unspecified atom stereocenters. The van der Waals surface area contributed by atoms with E-state index in [9.17, 15) is 9.90 Å². The number of carbonyl (C=O) groups excluding carboxylic acids is 1. The third-order valence-electron chi connectivity index (χ3n) is 2.48. The van der Waals surface area contributed by atoms with E-state index in [4.69, 9.17) is 4.74 Å². The van der Waals surface area contributed by atoms with Gasteiger partial charge in [-0.15, -0.1) is 0 Å². The van der Waals surface area contributed by atoms with Crippen molar-refractivity contribution in [1.82, 2.24) is 10.6 Å². The van der Waals surface area contributed by atoms with Crippen LogP contribution in [0.5, 0.6) is 0 Å². The van der Waals surface area contributed by atoms with E-state index in [0.717, 1.165) is 13.0 Å². The Bertz CT molecular complexity index is 242. The summed E-state index contributed by atoms with van der Waals surface area (Å²) in [7, 11) is 0. The number of β-amino-alcohol motifs (C(OH)–C–C–N with tert-alkyl or cyclic N) is 1. The van der Waals surface area contributed by atoms with Gasteiger partial charge in [-0.25, -0.2) is 4.79 Å². The summed E-state index contributed by atoms with van der Waals surface area (Å²) >= 11 is 0. The topological polar surface area (TPSA) is 70.6 Å². The van der Waals surface area contributed by atoms with Gasteiger partial charge in [0.05, 0.1) is 5.60 Å². The second-order valence-electron chi connectivity index (χ2n) is 5.33. The van der Waals surface area contributed by atoms with Gasteiger partial charge in [0.15, 0.2) is 0 Å². The van der Waals surface area contributed by atoms with Gasteiger partial charge in [0.2, 0.25) is 0 Å². The van der Waals surface area contributed by atoms with Gasteiger partial charge >= 0.3 is 6.09 Å². The first-order valence-corrected chi connectivity index (χ1v) is 5.71. The number of carbonyl (C=O) groups is 1. The second-order valence-corrected chi connectivity index (χ2v) is 5.33. The summed E-state index contributed by atoms with van der Waals surface area (Å²) in [6.45, 7) is 7.34. The average Bonchev–Trinajstić information content (AvgIpc) is 2.49. The van der Waals surface area contributed by atoms with Crippen LogP contribution in [0.1, 0.15) is 33.6 Å². The molecule has 1 saturated heterocycles. The molecule has 1 atom stereocenters. The molecule has 0 saturated carbocycles. The third kappa shape index (κ3) is 4.81. The highest BCUT2D eigenvalue weighted by molar-refractivity contribution is 5.67. The van der Waals surface area contributed by atoms with Crippen molar-refractivity contribution in [1.29, 1.82) is 0 Å². The lowest BCUT2D eigenvalue weighted by Crippen LogP contribution is -2.38. The first-order valence-electron chi connectivity index (χ1n) is 5.71. The predicted molar refractivity (Wildman–Crippen MR) is 61.3 cm³/mol. The molecule has 0 aromatic rings. The van der Waals surface area contributed by atoms with Gasteiger partial charge in [-0.05, 0) is 40.2 Å². The van der Waals surface area contributed by atoms with Crippen LogP contribution in [0.25, 0.3) is 0 Å². The van der Waals surface area contributed by atoms with Gasteiger partial charge in [-0.2, -0.15) is 0 Å². The number of nitrogens with one attached hydrogen (secondary N) is 2. The molecule has 16 heavy (non-hydrogen) atoms. The Morgan fingerprint density at radius 2 is 2.25 bits per heavy atom. The van der Waals surface area contributed by atoms with Gasteiger partial charge in [-0.3, -0.25) is 0 Å². The Hall–Kier alpha value is -0.810. The van der Waals surface area contributed by atoms with E-state index in [-0.39, 0.29) is 0 Å². The number of hydrogen-bond donors (Lipinski definition) is 3. The average molecular weight is 230 g/mol. The fraction of sp³-hybridized carbons (Fsp3) is 0.909. The van der Waals surface area contributed by atoms with E-state index in [1.54, 1.807) is 0 Å². The highest BCUT2D eigenvalue weighted by atomic mass is 16.6. The summed E-state index contributed by atoms with van der Waals surface area (Å²) in [4.78, 5) is 11.3. The van der Waals surface area contributed by atoms with E-state index < -0.39 is 17.3 Å². The molecule has 0 bridgehead atoms. The van der Waals surface area contributed by atoms with Crippen LogP contribution in [0.2, 0.25) is 0 Å². The van der Waals surface area contributed by atoms with Crippen LogP contribution in [-0.4, -0.2) is 42.0 Å². The van der Waals surface area contributed by atoms with Crippen molar-refractivity contribution >= 4 is 6.09 Å². The van der Waals surface area contributed by atoms with Crippen LogP contribution in [0, 0.1) is 0 Å². The minimum absolute atomic E-state index is 0.429. The molecule has 1 fully saturated rings. The zero-order chi connectivity index (χ0) is 12.2. The van der Waals surface area contributed by atoms with Crippen LogP contribution >= 0.6 is 0 Å². The zero-order valence-corrected chi connectivity index (χ0v) is 10.3. The minimum Gasteiger partial charge on any atom is -0.444 e. The summed E-state index contributed by atoms with van der Waals surface area (Å²) in [6.07, 6.45) is 0.865. The molecule has 0 aromatic carbocycles. The summed E-state index contributed by atoms with van der Waals surface area (Å²) in [5.74, 6) is 0. The Kier molecular flexibility index (Phi) is 4.15.